The first-order valence-corrected chi connectivity index (χ1v) is 8.60. The van der Waals surface area contributed by atoms with Gasteiger partial charge in [-0.15, -0.1) is 0 Å². The van der Waals surface area contributed by atoms with E-state index in [1.807, 2.05) is 51.5 Å². The van der Waals surface area contributed by atoms with E-state index in [4.69, 9.17) is 9.47 Å². The maximum atomic E-state index is 5.88. The predicted octanol–water partition coefficient (Wildman–Crippen LogP) is 2.81. The van der Waals surface area contributed by atoms with Gasteiger partial charge in [0.1, 0.15) is 12.4 Å². The quantitative estimate of drug-likeness (QED) is 0.900. The molecule has 1 aromatic carbocycles. The van der Waals surface area contributed by atoms with Gasteiger partial charge in [-0.05, 0) is 51.6 Å². The van der Waals surface area contributed by atoms with E-state index in [2.05, 4.69) is 20.2 Å². The second-order valence-electron chi connectivity index (χ2n) is 5.99. The normalized spacial score (nSPS) is 13.2. The molecule has 0 unspecified atom stereocenters. The van der Waals surface area contributed by atoms with E-state index in [1.54, 1.807) is 7.11 Å². The highest BCUT2D eigenvalue weighted by molar-refractivity contribution is 5.36. The summed E-state index contributed by atoms with van der Waals surface area (Å²) in [7, 11) is 5.41. The SMILES string of the molecule is CNC.COc1ccc(COc2nc(N3CCCC3)ncc2C)cc1. The van der Waals surface area contributed by atoms with Gasteiger partial charge < -0.3 is 19.7 Å². The first kappa shape index (κ1) is 19.0. The molecule has 1 aliphatic rings. The number of benzene rings is 1. The summed E-state index contributed by atoms with van der Waals surface area (Å²) in [6.07, 6.45) is 4.25. The second kappa shape index (κ2) is 9.84. The number of hydrogen-bond acceptors (Lipinski definition) is 6. The minimum Gasteiger partial charge on any atom is -0.497 e. The van der Waals surface area contributed by atoms with Crippen molar-refractivity contribution in [2.24, 2.45) is 0 Å². The Labute approximate surface area is 150 Å². The van der Waals surface area contributed by atoms with Crippen LogP contribution in [0.2, 0.25) is 0 Å². The average Bonchev–Trinajstić information content (AvgIpc) is 3.17. The van der Waals surface area contributed by atoms with Gasteiger partial charge in [0, 0.05) is 24.8 Å². The van der Waals surface area contributed by atoms with E-state index >= 15 is 0 Å². The Hall–Kier alpha value is -2.34. The lowest BCUT2D eigenvalue weighted by atomic mass is 10.2. The number of nitrogens with zero attached hydrogens (tertiary/aromatic N) is 3. The molecule has 0 bridgehead atoms. The first-order valence-electron chi connectivity index (χ1n) is 8.60. The van der Waals surface area contributed by atoms with Crippen LogP contribution in [-0.2, 0) is 6.61 Å². The summed E-state index contributed by atoms with van der Waals surface area (Å²) in [6.45, 7) is 4.51. The molecule has 1 aromatic heterocycles. The number of hydrogen-bond donors (Lipinski definition) is 1. The Bertz CT molecular complexity index is 640. The summed E-state index contributed by atoms with van der Waals surface area (Å²) in [5.41, 5.74) is 2.04. The topological polar surface area (TPSA) is 59.5 Å². The van der Waals surface area contributed by atoms with Crippen LogP contribution in [0.5, 0.6) is 11.6 Å². The molecule has 25 heavy (non-hydrogen) atoms. The molecule has 0 spiro atoms. The Morgan fingerprint density at radius 3 is 2.36 bits per heavy atom. The number of anilines is 1. The molecule has 2 heterocycles. The zero-order valence-corrected chi connectivity index (χ0v) is 15.6. The predicted molar refractivity (Wildman–Crippen MR) is 101 cm³/mol. The van der Waals surface area contributed by atoms with Crippen molar-refractivity contribution in [3.05, 3.63) is 41.6 Å². The molecule has 1 fully saturated rings. The zero-order chi connectivity index (χ0) is 18.1. The third kappa shape index (κ3) is 5.60. The Morgan fingerprint density at radius 1 is 1.12 bits per heavy atom. The van der Waals surface area contributed by atoms with Crippen LogP contribution in [0.1, 0.15) is 24.0 Å². The highest BCUT2D eigenvalue weighted by Gasteiger charge is 2.16. The number of aromatic nitrogens is 2. The molecule has 2 aromatic rings. The number of rotatable bonds is 5. The van der Waals surface area contributed by atoms with Gasteiger partial charge in [-0.1, -0.05) is 12.1 Å². The molecule has 0 radical (unpaired) electrons. The van der Waals surface area contributed by atoms with Crippen LogP contribution in [0, 0.1) is 6.92 Å². The third-order valence-electron chi connectivity index (χ3n) is 3.84. The minimum atomic E-state index is 0.487. The molecule has 0 amide bonds. The second-order valence-corrected chi connectivity index (χ2v) is 5.99. The Kier molecular flexibility index (Phi) is 7.47. The van der Waals surface area contributed by atoms with Crippen molar-refractivity contribution in [3.8, 4) is 11.6 Å². The van der Waals surface area contributed by atoms with E-state index in [1.165, 1.54) is 12.8 Å². The van der Waals surface area contributed by atoms with E-state index in [0.29, 0.717) is 12.5 Å². The summed E-state index contributed by atoms with van der Waals surface area (Å²) in [5, 5.41) is 2.75. The van der Waals surface area contributed by atoms with Crippen LogP contribution in [0.3, 0.4) is 0 Å². The fourth-order valence-electron chi connectivity index (χ4n) is 2.51. The minimum absolute atomic E-state index is 0.487. The summed E-state index contributed by atoms with van der Waals surface area (Å²) in [5.74, 6) is 2.28. The van der Waals surface area contributed by atoms with Gasteiger partial charge in [-0.3, -0.25) is 0 Å². The largest absolute Gasteiger partial charge is 0.497 e. The van der Waals surface area contributed by atoms with E-state index in [-0.39, 0.29) is 0 Å². The van der Waals surface area contributed by atoms with Crippen molar-refractivity contribution >= 4 is 5.95 Å². The maximum absolute atomic E-state index is 5.88. The lowest BCUT2D eigenvalue weighted by Gasteiger charge is -2.16. The van der Waals surface area contributed by atoms with Crippen LogP contribution in [0.25, 0.3) is 0 Å². The third-order valence-corrected chi connectivity index (χ3v) is 3.84. The van der Waals surface area contributed by atoms with Crippen LogP contribution in [0.15, 0.2) is 30.5 Å². The molecule has 1 aliphatic heterocycles. The molecule has 3 rings (SSSR count). The lowest BCUT2D eigenvalue weighted by molar-refractivity contribution is 0.291. The molecule has 0 aliphatic carbocycles. The van der Waals surface area contributed by atoms with E-state index < -0.39 is 0 Å². The molecular formula is C19H28N4O2. The Balaban J connectivity index is 0.000000701. The van der Waals surface area contributed by atoms with Crippen LogP contribution in [-0.4, -0.2) is 44.3 Å². The molecule has 0 saturated carbocycles. The fourth-order valence-corrected chi connectivity index (χ4v) is 2.51. The van der Waals surface area contributed by atoms with Gasteiger partial charge in [0.2, 0.25) is 11.8 Å². The van der Waals surface area contributed by atoms with Crippen molar-refractivity contribution in [3.63, 3.8) is 0 Å². The first-order chi connectivity index (χ1) is 12.2. The number of nitrogens with one attached hydrogen (secondary N) is 1. The summed E-state index contributed by atoms with van der Waals surface area (Å²) in [4.78, 5) is 11.2. The van der Waals surface area contributed by atoms with Crippen LogP contribution < -0.4 is 19.7 Å². The molecule has 136 valence electrons. The van der Waals surface area contributed by atoms with Gasteiger partial charge in [-0.2, -0.15) is 4.98 Å². The van der Waals surface area contributed by atoms with Crippen molar-refractivity contribution in [2.75, 3.05) is 39.2 Å². The van der Waals surface area contributed by atoms with Gasteiger partial charge in [0.15, 0.2) is 0 Å². The van der Waals surface area contributed by atoms with Crippen molar-refractivity contribution < 1.29 is 9.47 Å². The lowest BCUT2D eigenvalue weighted by Crippen LogP contribution is -2.20. The van der Waals surface area contributed by atoms with Crippen LogP contribution in [0.4, 0.5) is 5.95 Å². The average molecular weight is 344 g/mol. The number of aryl methyl sites for hydroxylation is 1. The highest BCUT2D eigenvalue weighted by atomic mass is 16.5. The van der Waals surface area contributed by atoms with Gasteiger partial charge in [-0.25, -0.2) is 4.98 Å². The molecule has 6 nitrogen and oxygen atoms in total. The number of methoxy groups -OCH3 is 1. The van der Waals surface area contributed by atoms with Crippen LogP contribution >= 0.6 is 0 Å². The fraction of sp³-hybridized carbons (Fsp3) is 0.474. The van der Waals surface area contributed by atoms with Gasteiger partial charge in [0.05, 0.1) is 7.11 Å². The maximum Gasteiger partial charge on any atom is 0.228 e. The zero-order valence-electron chi connectivity index (χ0n) is 15.6. The smallest absolute Gasteiger partial charge is 0.228 e. The standard InChI is InChI=1S/C17H21N3O2.C2H7N/c1-13-11-18-17(20-9-3-4-10-20)19-16(13)22-12-14-5-7-15(21-2)8-6-14;1-3-2/h5-8,11H,3-4,9-10,12H2,1-2H3;3H,1-2H3. The van der Waals surface area contributed by atoms with E-state index in [9.17, 15) is 0 Å². The molecule has 1 N–H and O–H groups in total. The van der Waals surface area contributed by atoms with Crippen molar-refractivity contribution in [2.45, 2.75) is 26.4 Å². The van der Waals surface area contributed by atoms with Gasteiger partial charge >= 0.3 is 0 Å². The summed E-state index contributed by atoms with van der Waals surface area (Å²) in [6, 6.07) is 7.86. The van der Waals surface area contributed by atoms with Crippen molar-refractivity contribution in [1.82, 2.24) is 15.3 Å². The molecule has 6 heteroatoms. The van der Waals surface area contributed by atoms with Crippen molar-refractivity contribution in [1.29, 1.82) is 0 Å². The highest BCUT2D eigenvalue weighted by Crippen LogP contribution is 2.22. The molecular weight excluding hydrogens is 316 g/mol. The van der Waals surface area contributed by atoms with Gasteiger partial charge in [0.25, 0.3) is 0 Å². The summed E-state index contributed by atoms with van der Waals surface area (Å²) < 4.78 is 11.0. The Morgan fingerprint density at radius 2 is 1.76 bits per heavy atom. The number of ether oxygens (including phenoxy) is 2. The molecule has 1 saturated heterocycles. The molecule has 0 atom stereocenters. The van der Waals surface area contributed by atoms with E-state index in [0.717, 1.165) is 35.9 Å². The summed E-state index contributed by atoms with van der Waals surface area (Å²) >= 11 is 0. The monoisotopic (exact) mass is 344 g/mol.